The normalized spacial score (nSPS) is 23.3. The number of piperazine rings is 1. The first kappa shape index (κ1) is 20.4. The van der Waals surface area contributed by atoms with Crippen LogP contribution in [0.3, 0.4) is 0 Å². The van der Waals surface area contributed by atoms with Gasteiger partial charge in [-0.2, -0.15) is 0 Å². The molecule has 2 aliphatic rings. The van der Waals surface area contributed by atoms with Crippen molar-refractivity contribution in [2.75, 3.05) is 26.2 Å². The van der Waals surface area contributed by atoms with E-state index in [0.717, 1.165) is 55.0 Å². The molecule has 1 aliphatic heterocycles. The molecule has 0 atom stereocenters. The Morgan fingerprint density at radius 2 is 1.71 bits per heavy atom. The fourth-order valence-electron chi connectivity index (χ4n) is 4.92. The predicted octanol–water partition coefficient (Wildman–Crippen LogP) is 4.40. The molecule has 0 radical (unpaired) electrons. The molecule has 1 aromatic carbocycles. The van der Waals surface area contributed by atoms with Crippen LogP contribution in [0.25, 0.3) is 22.7 Å². The van der Waals surface area contributed by atoms with Gasteiger partial charge in [-0.25, -0.2) is 0 Å². The molecule has 31 heavy (non-hydrogen) atoms. The second-order valence-electron chi connectivity index (χ2n) is 9.06. The van der Waals surface area contributed by atoms with E-state index in [1.54, 1.807) is 0 Å². The van der Waals surface area contributed by atoms with Gasteiger partial charge < -0.3 is 8.94 Å². The highest BCUT2D eigenvalue weighted by atomic mass is 16.5. The highest BCUT2D eigenvalue weighted by molar-refractivity contribution is 5.77. The smallest absolute Gasteiger partial charge is 0.253 e. The summed E-state index contributed by atoms with van der Waals surface area (Å²) in [5.41, 5.74) is 2.49. The van der Waals surface area contributed by atoms with Crippen LogP contribution in [0.1, 0.15) is 44.3 Å². The van der Waals surface area contributed by atoms with Crippen molar-refractivity contribution < 1.29 is 8.94 Å². The first-order chi connectivity index (χ1) is 15.2. The molecule has 7 heteroatoms. The lowest BCUT2D eigenvalue weighted by Gasteiger charge is -2.41. The maximum Gasteiger partial charge on any atom is 0.253 e. The van der Waals surface area contributed by atoms with Crippen molar-refractivity contribution in [2.24, 2.45) is 5.92 Å². The van der Waals surface area contributed by atoms with Gasteiger partial charge >= 0.3 is 0 Å². The summed E-state index contributed by atoms with van der Waals surface area (Å²) in [6.45, 7) is 9.30. The molecule has 2 fully saturated rings. The van der Waals surface area contributed by atoms with Crippen LogP contribution in [0.4, 0.5) is 0 Å². The molecule has 0 unspecified atom stereocenters. The van der Waals surface area contributed by atoms with Crippen molar-refractivity contribution in [3.8, 4) is 22.7 Å². The first-order valence-electron chi connectivity index (χ1n) is 11.5. The van der Waals surface area contributed by atoms with Gasteiger partial charge in [0.15, 0.2) is 0 Å². The Morgan fingerprint density at radius 1 is 0.968 bits per heavy atom. The van der Waals surface area contributed by atoms with Gasteiger partial charge in [-0.05, 0) is 38.5 Å². The lowest BCUT2D eigenvalue weighted by atomic mass is 9.86. The maximum atomic E-state index is 6.05. The molecule has 0 N–H and O–H groups in total. The Bertz CT molecular complexity index is 983. The van der Waals surface area contributed by atoms with Gasteiger partial charge in [0, 0.05) is 37.8 Å². The minimum atomic E-state index is 0.475. The number of rotatable bonds is 5. The number of hydrogen-bond acceptors (Lipinski definition) is 7. The molecule has 1 aliphatic carbocycles. The number of aryl methyl sites for hydroxylation is 1. The van der Waals surface area contributed by atoms with Gasteiger partial charge in [0.1, 0.15) is 17.0 Å². The zero-order valence-electron chi connectivity index (χ0n) is 18.5. The third-order valence-electron chi connectivity index (χ3n) is 6.86. The van der Waals surface area contributed by atoms with Gasteiger partial charge in [-0.1, -0.05) is 42.4 Å². The molecule has 2 aromatic heterocycles. The van der Waals surface area contributed by atoms with Crippen LogP contribution in [0.15, 0.2) is 39.3 Å². The van der Waals surface area contributed by atoms with Crippen LogP contribution in [0.5, 0.6) is 0 Å². The fraction of sp³-hybridized carbons (Fsp3) is 0.542. The molecule has 0 amide bonds. The van der Waals surface area contributed by atoms with E-state index in [4.69, 9.17) is 8.94 Å². The molecule has 1 saturated heterocycles. The average molecular weight is 422 g/mol. The second kappa shape index (κ2) is 8.93. The van der Waals surface area contributed by atoms with Gasteiger partial charge in [0.2, 0.25) is 5.89 Å². The summed E-state index contributed by atoms with van der Waals surface area (Å²) in [6.07, 6.45) is 5.47. The fourth-order valence-corrected chi connectivity index (χ4v) is 4.92. The van der Waals surface area contributed by atoms with E-state index in [2.05, 4.69) is 32.1 Å². The minimum Gasteiger partial charge on any atom is -0.419 e. The van der Waals surface area contributed by atoms with Crippen molar-refractivity contribution in [3.05, 3.63) is 42.0 Å². The van der Waals surface area contributed by atoms with Crippen molar-refractivity contribution in [2.45, 2.75) is 52.1 Å². The van der Waals surface area contributed by atoms with Crippen LogP contribution < -0.4 is 0 Å². The van der Waals surface area contributed by atoms with Crippen LogP contribution >= 0.6 is 0 Å². The predicted molar refractivity (Wildman–Crippen MR) is 118 cm³/mol. The molecule has 0 spiro atoms. The Morgan fingerprint density at radius 3 is 2.45 bits per heavy atom. The molecule has 0 bridgehead atoms. The van der Waals surface area contributed by atoms with Gasteiger partial charge in [-0.3, -0.25) is 9.80 Å². The van der Waals surface area contributed by atoms with Crippen molar-refractivity contribution in [3.63, 3.8) is 0 Å². The molecular weight excluding hydrogens is 390 g/mol. The van der Waals surface area contributed by atoms with E-state index in [-0.39, 0.29) is 0 Å². The second-order valence-corrected chi connectivity index (χ2v) is 9.06. The van der Waals surface area contributed by atoms with E-state index >= 15 is 0 Å². The number of aromatic nitrogens is 3. The Hall–Kier alpha value is -2.51. The zero-order valence-corrected chi connectivity index (χ0v) is 18.5. The zero-order chi connectivity index (χ0) is 21.2. The van der Waals surface area contributed by atoms with E-state index in [9.17, 15) is 0 Å². The molecule has 7 nitrogen and oxygen atoms in total. The molecule has 5 rings (SSSR count). The SMILES string of the molecule is Cc1onc(-c2ccccc2)c1-c1nnc(CN2CCN(C3CCC(C)CC3)CC2)o1. The summed E-state index contributed by atoms with van der Waals surface area (Å²) in [4.78, 5) is 5.10. The molecule has 164 valence electrons. The highest BCUT2D eigenvalue weighted by Crippen LogP contribution is 2.33. The van der Waals surface area contributed by atoms with Crippen molar-refractivity contribution in [1.29, 1.82) is 0 Å². The number of benzene rings is 1. The van der Waals surface area contributed by atoms with Crippen molar-refractivity contribution >= 4 is 0 Å². The highest BCUT2D eigenvalue weighted by Gasteiger charge is 2.28. The lowest BCUT2D eigenvalue weighted by molar-refractivity contribution is 0.0652. The molecule has 1 saturated carbocycles. The third kappa shape index (κ3) is 4.43. The Kier molecular flexibility index (Phi) is 5.87. The average Bonchev–Trinajstić information content (AvgIpc) is 3.41. The van der Waals surface area contributed by atoms with E-state index in [1.165, 1.54) is 25.7 Å². The summed E-state index contributed by atoms with van der Waals surface area (Å²) in [5, 5.41) is 12.9. The van der Waals surface area contributed by atoms with E-state index in [1.807, 2.05) is 37.3 Å². The monoisotopic (exact) mass is 421 g/mol. The van der Waals surface area contributed by atoms with Gasteiger partial charge in [0.25, 0.3) is 5.89 Å². The van der Waals surface area contributed by atoms with Crippen molar-refractivity contribution in [1.82, 2.24) is 25.2 Å². The minimum absolute atomic E-state index is 0.475. The Labute approximate surface area is 183 Å². The summed E-state index contributed by atoms with van der Waals surface area (Å²) >= 11 is 0. The van der Waals surface area contributed by atoms with E-state index < -0.39 is 0 Å². The summed E-state index contributed by atoms with van der Waals surface area (Å²) in [6, 6.07) is 10.7. The van der Waals surface area contributed by atoms with Crippen LogP contribution in [0, 0.1) is 12.8 Å². The van der Waals surface area contributed by atoms with Crippen LogP contribution in [0.2, 0.25) is 0 Å². The molecule has 3 heterocycles. The quantitative estimate of drug-likeness (QED) is 0.605. The number of hydrogen-bond donors (Lipinski definition) is 0. The molecule has 3 aromatic rings. The largest absolute Gasteiger partial charge is 0.419 e. The molecular formula is C24H31N5O2. The first-order valence-corrected chi connectivity index (χ1v) is 11.5. The van der Waals surface area contributed by atoms with Gasteiger partial charge in [0.05, 0.1) is 6.54 Å². The lowest BCUT2D eigenvalue weighted by Crippen LogP contribution is -2.50. The topological polar surface area (TPSA) is 71.4 Å². The third-order valence-corrected chi connectivity index (χ3v) is 6.86. The summed E-state index contributed by atoms with van der Waals surface area (Å²) in [7, 11) is 0. The standard InChI is InChI=1S/C24H31N5O2/c1-17-8-10-20(11-9-17)29-14-12-28(13-15-29)16-21-25-26-24(30-21)22-18(2)31-27-23(22)19-6-4-3-5-7-19/h3-7,17,20H,8-16H2,1-2H3. The summed E-state index contributed by atoms with van der Waals surface area (Å²) < 4.78 is 11.5. The van der Waals surface area contributed by atoms with Crippen LogP contribution in [-0.4, -0.2) is 57.4 Å². The van der Waals surface area contributed by atoms with E-state index in [0.29, 0.717) is 24.1 Å². The number of nitrogens with zero attached hydrogens (tertiary/aromatic N) is 5. The van der Waals surface area contributed by atoms with Gasteiger partial charge in [-0.15, -0.1) is 10.2 Å². The summed E-state index contributed by atoms with van der Waals surface area (Å²) in [5.74, 6) is 2.71. The van der Waals surface area contributed by atoms with Crippen LogP contribution in [-0.2, 0) is 6.54 Å². The maximum absolute atomic E-state index is 6.05. The Balaban J connectivity index is 1.22.